The number of ether oxygens (including phenoxy) is 1. The lowest BCUT2D eigenvalue weighted by atomic mass is 10.0. The summed E-state index contributed by atoms with van der Waals surface area (Å²) in [7, 11) is 1.62. The van der Waals surface area contributed by atoms with Gasteiger partial charge in [0.2, 0.25) is 0 Å². The van der Waals surface area contributed by atoms with Gasteiger partial charge in [0, 0.05) is 41.5 Å². The van der Waals surface area contributed by atoms with Crippen LogP contribution in [0.4, 0.5) is 5.82 Å². The van der Waals surface area contributed by atoms with Crippen molar-refractivity contribution in [3.8, 4) is 16.9 Å². The number of fused-ring (bicyclic) bond motifs is 2. The van der Waals surface area contributed by atoms with Gasteiger partial charge in [-0.3, -0.25) is 14.2 Å². The highest BCUT2D eigenvalue weighted by Crippen LogP contribution is 2.36. The molecular formula is C21H21N5O2. The second-order valence-electron chi connectivity index (χ2n) is 6.47. The topological polar surface area (TPSA) is 94.5 Å². The van der Waals surface area contributed by atoms with E-state index in [-0.39, 0.29) is 11.6 Å². The number of amides is 1. The Kier molecular flexibility index (Phi) is 4.57. The molecule has 3 heterocycles. The van der Waals surface area contributed by atoms with Gasteiger partial charge in [0.1, 0.15) is 17.2 Å². The molecule has 0 aliphatic rings. The molecule has 0 aliphatic heterocycles. The number of imidazole rings is 1. The number of pyridine rings is 2. The molecule has 7 heteroatoms. The maximum absolute atomic E-state index is 12.4. The molecule has 0 atom stereocenters. The van der Waals surface area contributed by atoms with Crippen LogP contribution < -0.4 is 15.8 Å². The normalized spacial score (nSPS) is 11.1. The summed E-state index contributed by atoms with van der Waals surface area (Å²) in [6, 6.07) is 11.6. The molecule has 0 spiro atoms. The van der Waals surface area contributed by atoms with Gasteiger partial charge in [-0.1, -0.05) is 13.0 Å². The molecule has 4 rings (SSSR count). The first-order valence-corrected chi connectivity index (χ1v) is 9.12. The van der Waals surface area contributed by atoms with Crippen LogP contribution in [0.2, 0.25) is 0 Å². The monoisotopic (exact) mass is 375 g/mol. The number of methoxy groups -OCH3 is 1. The van der Waals surface area contributed by atoms with E-state index in [0.717, 1.165) is 28.5 Å². The fraction of sp³-hybridized carbons (Fsp3) is 0.190. The Morgan fingerprint density at radius 2 is 2.11 bits per heavy atom. The van der Waals surface area contributed by atoms with Gasteiger partial charge in [-0.05, 0) is 30.7 Å². The predicted octanol–water partition coefficient (Wildman–Crippen LogP) is 3.28. The highest BCUT2D eigenvalue weighted by molar-refractivity contribution is 5.99. The number of carbonyl (C=O) groups is 1. The summed E-state index contributed by atoms with van der Waals surface area (Å²) >= 11 is 0. The average molecular weight is 375 g/mol. The quantitative estimate of drug-likeness (QED) is 0.558. The molecule has 1 amide bonds. The Hall–Kier alpha value is -3.61. The maximum atomic E-state index is 12.4. The zero-order valence-corrected chi connectivity index (χ0v) is 15.8. The molecule has 0 saturated carbocycles. The summed E-state index contributed by atoms with van der Waals surface area (Å²) in [5.41, 5.74) is 9.57. The van der Waals surface area contributed by atoms with Gasteiger partial charge < -0.3 is 15.8 Å². The molecule has 28 heavy (non-hydrogen) atoms. The number of anilines is 1. The van der Waals surface area contributed by atoms with Gasteiger partial charge in [-0.15, -0.1) is 0 Å². The molecule has 4 aromatic rings. The van der Waals surface area contributed by atoms with Crippen LogP contribution in [0.25, 0.3) is 27.7 Å². The van der Waals surface area contributed by atoms with E-state index in [1.165, 1.54) is 0 Å². The third-order valence-electron chi connectivity index (χ3n) is 4.65. The van der Waals surface area contributed by atoms with Crippen LogP contribution in [0, 0.1) is 0 Å². The largest absolute Gasteiger partial charge is 0.496 e. The Morgan fingerprint density at radius 3 is 2.89 bits per heavy atom. The van der Waals surface area contributed by atoms with E-state index in [1.54, 1.807) is 23.9 Å². The highest BCUT2D eigenvalue weighted by atomic mass is 16.5. The summed E-state index contributed by atoms with van der Waals surface area (Å²) in [6.07, 6.45) is 4.39. The minimum atomic E-state index is -0.274. The molecule has 7 nitrogen and oxygen atoms in total. The van der Waals surface area contributed by atoms with Crippen molar-refractivity contribution in [2.75, 3.05) is 19.4 Å². The third-order valence-corrected chi connectivity index (χ3v) is 4.65. The SMILES string of the molecule is CCCNC(=O)c1nc2c(-c3cc4cccnc4cc3OC)cccn2c1N. The smallest absolute Gasteiger partial charge is 0.273 e. The van der Waals surface area contributed by atoms with Crippen molar-refractivity contribution in [1.29, 1.82) is 0 Å². The lowest BCUT2D eigenvalue weighted by molar-refractivity contribution is 0.0950. The van der Waals surface area contributed by atoms with E-state index >= 15 is 0 Å². The number of carbonyl (C=O) groups excluding carboxylic acids is 1. The standard InChI is InChI=1S/C21H21N5O2/c1-3-8-24-21(27)18-19(22)26-10-5-7-14(20(26)25-18)15-11-13-6-4-9-23-16(13)12-17(15)28-2/h4-7,9-12H,3,8,22H2,1-2H3,(H,24,27). The lowest BCUT2D eigenvalue weighted by Gasteiger charge is -2.11. The van der Waals surface area contributed by atoms with E-state index < -0.39 is 0 Å². The van der Waals surface area contributed by atoms with E-state index in [9.17, 15) is 4.79 Å². The van der Waals surface area contributed by atoms with Crippen molar-refractivity contribution in [2.45, 2.75) is 13.3 Å². The zero-order valence-electron chi connectivity index (χ0n) is 15.8. The van der Waals surface area contributed by atoms with Crippen molar-refractivity contribution in [3.05, 3.63) is 54.5 Å². The Balaban J connectivity index is 1.92. The molecule has 0 aliphatic carbocycles. The minimum Gasteiger partial charge on any atom is -0.496 e. The van der Waals surface area contributed by atoms with Crippen LogP contribution >= 0.6 is 0 Å². The Morgan fingerprint density at radius 1 is 1.25 bits per heavy atom. The molecule has 1 aromatic carbocycles. The number of aromatic nitrogens is 3. The van der Waals surface area contributed by atoms with Crippen molar-refractivity contribution >= 4 is 28.3 Å². The molecule has 0 unspecified atom stereocenters. The van der Waals surface area contributed by atoms with Gasteiger partial charge in [-0.2, -0.15) is 0 Å². The van der Waals surface area contributed by atoms with E-state index in [1.807, 2.05) is 43.3 Å². The van der Waals surface area contributed by atoms with Gasteiger partial charge in [-0.25, -0.2) is 4.98 Å². The van der Waals surface area contributed by atoms with Crippen molar-refractivity contribution in [1.82, 2.24) is 19.7 Å². The number of nitrogens with zero attached hydrogens (tertiary/aromatic N) is 3. The molecule has 0 bridgehead atoms. The van der Waals surface area contributed by atoms with Crippen LogP contribution in [-0.2, 0) is 0 Å². The highest BCUT2D eigenvalue weighted by Gasteiger charge is 2.20. The van der Waals surface area contributed by atoms with Crippen LogP contribution in [0.5, 0.6) is 5.75 Å². The minimum absolute atomic E-state index is 0.224. The number of hydrogen-bond acceptors (Lipinski definition) is 5. The first-order chi connectivity index (χ1) is 13.6. The van der Waals surface area contributed by atoms with Gasteiger partial charge >= 0.3 is 0 Å². The second-order valence-corrected chi connectivity index (χ2v) is 6.47. The summed E-state index contributed by atoms with van der Waals surface area (Å²) in [5.74, 6) is 0.716. The van der Waals surface area contributed by atoms with Crippen molar-refractivity contribution < 1.29 is 9.53 Å². The summed E-state index contributed by atoms with van der Waals surface area (Å²) < 4.78 is 7.33. The molecule has 0 saturated heterocycles. The van der Waals surface area contributed by atoms with Crippen LogP contribution in [0.1, 0.15) is 23.8 Å². The van der Waals surface area contributed by atoms with Gasteiger partial charge in [0.15, 0.2) is 5.69 Å². The second kappa shape index (κ2) is 7.19. The van der Waals surface area contributed by atoms with E-state index in [2.05, 4.69) is 15.3 Å². The molecular weight excluding hydrogens is 354 g/mol. The fourth-order valence-electron chi connectivity index (χ4n) is 3.27. The number of rotatable bonds is 5. The number of nitrogens with one attached hydrogen (secondary N) is 1. The molecule has 3 N–H and O–H groups in total. The van der Waals surface area contributed by atoms with Crippen LogP contribution in [0.15, 0.2) is 48.8 Å². The maximum Gasteiger partial charge on any atom is 0.273 e. The summed E-state index contributed by atoms with van der Waals surface area (Å²) in [5, 5.41) is 3.82. The van der Waals surface area contributed by atoms with E-state index in [4.69, 9.17) is 10.5 Å². The third kappa shape index (κ3) is 2.90. The molecule has 0 fully saturated rings. The first kappa shape index (κ1) is 17.8. The number of nitrogen functional groups attached to an aromatic ring is 1. The Labute approximate surface area is 162 Å². The average Bonchev–Trinajstić information content (AvgIpc) is 3.08. The van der Waals surface area contributed by atoms with Crippen molar-refractivity contribution in [2.24, 2.45) is 0 Å². The van der Waals surface area contributed by atoms with Crippen LogP contribution in [-0.4, -0.2) is 33.9 Å². The summed E-state index contributed by atoms with van der Waals surface area (Å²) in [4.78, 5) is 21.4. The Bertz CT molecular complexity index is 1180. The summed E-state index contributed by atoms with van der Waals surface area (Å²) in [6.45, 7) is 2.57. The number of nitrogens with two attached hydrogens (primary N) is 1. The molecule has 142 valence electrons. The first-order valence-electron chi connectivity index (χ1n) is 9.12. The fourth-order valence-corrected chi connectivity index (χ4v) is 3.27. The number of hydrogen-bond donors (Lipinski definition) is 2. The molecule has 0 radical (unpaired) electrons. The molecule has 3 aromatic heterocycles. The van der Waals surface area contributed by atoms with E-state index in [0.29, 0.717) is 23.8 Å². The number of benzene rings is 1. The predicted molar refractivity (Wildman–Crippen MR) is 110 cm³/mol. The van der Waals surface area contributed by atoms with Gasteiger partial charge in [0.25, 0.3) is 5.91 Å². The van der Waals surface area contributed by atoms with Crippen molar-refractivity contribution in [3.63, 3.8) is 0 Å². The van der Waals surface area contributed by atoms with Crippen LogP contribution in [0.3, 0.4) is 0 Å². The van der Waals surface area contributed by atoms with Gasteiger partial charge in [0.05, 0.1) is 12.6 Å². The zero-order chi connectivity index (χ0) is 19.7. The lowest BCUT2D eigenvalue weighted by Crippen LogP contribution is -2.25.